The summed E-state index contributed by atoms with van der Waals surface area (Å²) in [5.41, 5.74) is 2.75. The number of hydrogen-bond donors (Lipinski definition) is 1. The quantitative estimate of drug-likeness (QED) is 0.459. The van der Waals surface area contributed by atoms with E-state index >= 15 is 0 Å². The minimum atomic E-state index is -0.437. The van der Waals surface area contributed by atoms with Crippen LogP contribution in [0.3, 0.4) is 0 Å². The van der Waals surface area contributed by atoms with Crippen molar-refractivity contribution in [1.29, 1.82) is 0 Å². The minimum absolute atomic E-state index is 0.104. The lowest BCUT2D eigenvalue weighted by Gasteiger charge is -2.10. The van der Waals surface area contributed by atoms with Crippen LogP contribution in [0.1, 0.15) is 5.56 Å². The highest BCUT2D eigenvalue weighted by atomic mass is 19.1. The highest BCUT2D eigenvalue weighted by Gasteiger charge is 2.18. The van der Waals surface area contributed by atoms with Crippen LogP contribution in [0.5, 0.6) is 0 Å². The molecule has 1 amide bonds. The Morgan fingerprint density at radius 3 is 2.56 bits per heavy atom. The number of carbonyl (C=O) groups excluding carboxylic acids is 1. The van der Waals surface area contributed by atoms with Gasteiger partial charge in [0.1, 0.15) is 23.4 Å². The average Bonchev–Trinajstić information content (AvgIpc) is 3.10. The zero-order valence-electron chi connectivity index (χ0n) is 17.0. The van der Waals surface area contributed by atoms with Crippen LogP contribution in [-0.2, 0) is 17.9 Å². The molecule has 3 aromatic carbocycles. The van der Waals surface area contributed by atoms with Crippen molar-refractivity contribution in [2.45, 2.75) is 13.1 Å². The third kappa shape index (κ3) is 3.65. The first-order chi connectivity index (χ1) is 15.6. The van der Waals surface area contributed by atoms with Gasteiger partial charge >= 0.3 is 0 Å². The van der Waals surface area contributed by atoms with Crippen LogP contribution < -0.4 is 10.9 Å². The van der Waals surface area contributed by atoms with E-state index in [1.165, 1.54) is 22.8 Å². The van der Waals surface area contributed by atoms with E-state index < -0.39 is 5.82 Å². The molecule has 0 radical (unpaired) electrons. The van der Waals surface area contributed by atoms with Gasteiger partial charge in [-0.3, -0.25) is 14.2 Å². The number of anilines is 1. The average molecular weight is 426 g/mol. The van der Waals surface area contributed by atoms with Crippen LogP contribution in [0, 0.1) is 5.82 Å². The summed E-state index contributed by atoms with van der Waals surface area (Å²) in [6.45, 7) is 0.270. The Hall–Kier alpha value is -4.26. The van der Waals surface area contributed by atoms with Gasteiger partial charge in [-0.2, -0.15) is 0 Å². The van der Waals surface area contributed by atoms with Gasteiger partial charge in [0.2, 0.25) is 5.91 Å². The highest BCUT2D eigenvalue weighted by Crippen LogP contribution is 2.25. The number of benzene rings is 3. The fraction of sp³-hybridized carbons (Fsp3) is 0.0800. The maximum Gasteiger partial charge on any atom is 0.278 e. The summed E-state index contributed by atoms with van der Waals surface area (Å²) in [7, 11) is 0. The minimum Gasteiger partial charge on any atom is -0.325 e. The molecule has 5 aromatic rings. The summed E-state index contributed by atoms with van der Waals surface area (Å²) in [4.78, 5) is 30.8. The molecule has 5 rings (SSSR count). The van der Waals surface area contributed by atoms with E-state index in [1.54, 1.807) is 17.0 Å². The molecule has 0 fully saturated rings. The van der Waals surface area contributed by atoms with Crippen molar-refractivity contribution in [3.05, 3.63) is 107 Å². The Morgan fingerprint density at radius 1 is 0.969 bits per heavy atom. The lowest BCUT2D eigenvalue weighted by molar-refractivity contribution is -0.116. The van der Waals surface area contributed by atoms with Crippen molar-refractivity contribution in [3.63, 3.8) is 0 Å². The fourth-order valence-electron chi connectivity index (χ4n) is 3.92. The van der Waals surface area contributed by atoms with Crippen molar-refractivity contribution in [2.24, 2.45) is 0 Å². The van der Waals surface area contributed by atoms with Gasteiger partial charge in [-0.1, -0.05) is 54.6 Å². The second kappa shape index (κ2) is 8.11. The topological polar surface area (TPSA) is 68.9 Å². The van der Waals surface area contributed by atoms with Crippen LogP contribution in [-0.4, -0.2) is 20.0 Å². The maximum absolute atomic E-state index is 13.5. The molecule has 32 heavy (non-hydrogen) atoms. The summed E-state index contributed by atoms with van der Waals surface area (Å²) < 4.78 is 16.7. The molecule has 7 heteroatoms. The number of halogens is 1. The summed E-state index contributed by atoms with van der Waals surface area (Å²) in [5, 5.41) is 3.49. The summed E-state index contributed by atoms with van der Waals surface area (Å²) in [6, 6.07) is 22.8. The normalized spacial score (nSPS) is 11.2. The number of aromatic nitrogens is 3. The van der Waals surface area contributed by atoms with Crippen molar-refractivity contribution in [2.75, 3.05) is 5.32 Å². The lowest BCUT2D eigenvalue weighted by atomic mass is 10.2. The monoisotopic (exact) mass is 426 g/mol. The van der Waals surface area contributed by atoms with E-state index in [-0.39, 0.29) is 18.0 Å². The lowest BCUT2D eigenvalue weighted by Crippen LogP contribution is -2.25. The summed E-state index contributed by atoms with van der Waals surface area (Å²) in [6.07, 6.45) is 1.54. The largest absolute Gasteiger partial charge is 0.325 e. The van der Waals surface area contributed by atoms with Gasteiger partial charge in [0.15, 0.2) is 0 Å². The van der Waals surface area contributed by atoms with Crippen molar-refractivity contribution >= 4 is 33.5 Å². The van der Waals surface area contributed by atoms with Crippen LogP contribution in [0.4, 0.5) is 10.1 Å². The number of fused-ring (bicyclic) bond motifs is 3. The molecular formula is C25H19FN4O2. The maximum atomic E-state index is 13.5. The molecule has 0 saturated carbocycles. The third-order valence-electron chi connectivity index (χ3n) is 5.34. The predicted octanol–water partition coefficient (Wildman–Crippen LogP) is 4.18. The Bertz CT molecular complexity index is 1510. The molecule has 0 atom stereocenters. The van der Waals surface area contributed by atoms with Gasteiger partial charge in [-0.15, -0.1) is 0 Å². The molecular weight excluding hydrogens is 407 g/mol. The molecule has 2 aromatic heterocycles. The van der Waals surface area contributed by atoms with E-state index in [2.05, 4.69) is 10.3 Å². The van der Waals surface area contributed by atoms with Gasteiger partial charge in [-0.05, 0) is 29.8 Å². The van der Waals surface area contributed by atoms with E-state index in [4.69, 9.17) is 0 Å². The Morgan fingerprint density at radius 2 is 1.75 bits per heavy atom. The van der Waals surface area contributed by atoms with E-state index in [9.17, 15) is 14.0 Å². The smallest absolute Gasteiger partial charge is 0.278 e. The first-order valence-corrected chi connectivity index (χ1v) is 10.2. The van der Waals surface area contributed by atoms with Crippen molar-refractivity contribution in [3.8, 4) is 0 Å². The van der Waals surface area contributed by atoms with Crippen molar-refractivity contribution in [1.82, 2.24) is 14.1 Å². The number of carbonyl (C=O) groups is 1. The number of nitrogens with one attached hydrogen (secondary N) is 1. The summed E-state index contributed by atoms with van der Waals surface area (Å²) >= 11 is 0. The zero-order valence-corrected chi connectivity index (χ0v) is 17.0. The molecule has 1 N–H and O–H groups in total. The first-order valence-electron chi connectivity index (χ1n) is 10.2. The van der Waals surface area contributed by atoms with Gasteiger partial charge in [0.25, 0.3) is 5.56 Å². The van der Waals surface area contributed by atoms with Crippen LogP contribution in [0.2, 0.25) is 0 Å². The molecule has 0 spiro atoms. The molecule has 2 heterocycles. The second-order valence-corrected chi connectivity index (χ2v) is 7.52. The number of hydrogen-bond acceptors (Lipinski definition) is 3. The van der Waals surface area contributed by atoms with Gasteiger partial charge < -0.3 is 9.88 Å². The van der Waals surface area contributed by atoms with Gasteiger partial charge in [0, 0.05) is 11.1 Å². The zero-order chi connectivity index (χ0) is 22.1. The number of rotatable bonds is 5. The first kappa shape index (κ1) is 19.7. The van der Waals surface area contributed by atoms with E-state index in [0.29, 0.717) is 23.3 Å². The third-order valence-corrected chi connectivity index (χ3v) is 5.34. The van der Waals surface area contributed by atoms with Crippen LogP contribution in [0.15, 0.2) is 90.0 Å². The molecule has 6 nitrogen and oxygen atoms in total. The SMILES string of the molecule is O=C(Cn1c2ccccc2c2ncn(Cc3ccccc3)c(=O)c21)Nc1cccc(F)c1. The van der Waals surface area contributed by atoms with Crippen LogP contribution in [0.25, 0.3) is 21.9 Å². The van der Waals surface area contributed by atoms with Gasteiger partial charge in [-0.25, -0.2) is 9.37 Å². The Kier molecular flexibility index (Phi) is 4.99. The molecule has 0 unspecified atom stereocenters. The van der Waals surface area contributed by atoms with E-state index in [1.807, 2.05) is 54.6 Å². The second-order valence-electron chi connectivity index (χ2n) is 7.52. The standard InChI is InChI=1S/C25H19FN4O2/c26-18-9-6-10-19(13-18)28-22(31)15-30-21-12-5-4-11-20(21)23-24(30)25(32)29(16-27-23)14-17-7-2-1-3-8-17/h1-13,16H,14-15H2,(H,28,31). The predicted molar refractivity (Wildman–Crippen MR) is 122 cm³/mol. The number of amides is 1. The van der Waals surface area contributed by atoms with Gasteiger partial charge in [0.05, 0.1) is 18.4 Å². The summed E-state index contributed by atoms with van der Waals surface area (Å²) in [5.74, 6) is -0.802. The Labute approximate surface area is 182 Å². The molecule has 0 aliphatic rings. The number of para-hydroxylation sites is 1. The highest BCUT2D eigenvalue weighted by molar-refractivity contribution is 6.06. The van der Waals surface area contributed by atoms with Crippen LogP contribution >= 0.6 is 0 Å². The molecule has 158 valence electrons. The molecule has 0 saturated heterocycles. The van der Waals surface area contributed by atoms with Crippen molar-refractivity contribution < 1.29 is 9.18 Å². The fourth-order valence-corrected chi connectivity index (χ4v) is 3.92. The molecule has 0 bridgehead atoms. The molecule has 0 aliphatic carbocycles. The van der Waals surface area contributed by atoms with E-state index in [0.717, 1.165) is 16.5 Å². The molecule has 0 aliphatic heterocycles. The number of nitrogens with zero attached hydrogens (tertiary/aromatic N) is 3. The Balaban J connectivity index is 1.59.